The Labute approximate surface area is 255 Å². The van der Waals surface area contributed by atoms with E-state index in [-0.39, 0.29) is 0 Å². The average molecular weight is 856 g/mol. The fraction of sp³-hybridized carbons (Fsp3) is 1.00. The molecule has 6 nitrogen and oxygen atoms in total. The number of hydrogen-bond acceptors (Lipinski definition) is 5. The van der Waals surface area contributed by atoms with Gasteiger partial charge in [0.2, 0.25) is 0 Å². The molecule has 49 heavy (non-hydrogen) atoms. The summed E-state index contributed by atoms with van der Waals surface area (Å²) in [6, 6.07) is -15.7. The third kappa shape index (κ3) is 6.51. The normalized spacial score (nSPS) is 16.9. The second kappa shape index (κ2) is 11.9. The van der Waals surface area contributed by atoms with E-state index in [4.69, 9.17) is 0 Å². The van der Waals surface area contributed by atoms with Crippen LogP contribution in [0.4, 0.5) is 114 Å². The van der Waals surface area contributed by atoms with Crippen LogP contribution in [-0.2, 0) is 20.0 Å². The highest BCUT2D eigenvalue weighted by Crippen LogP contribution is 2.61. The lowest BCUT2D eigenvalue weighted by Crippen LogP contribution is -2.68. The van der Waals surface area contributed by atoms with Crippen LogP contribution >= 0.6 is 11.8 Å². The van der Waals surface area contributed by atoms with Crippen molar-refractivity contribution < 1.29 is 131 Å². The van der Waals surface area contributed by atoms with Crippen LogP contribution in [0.1, 0.15) is 0 Å². The molecule has 0 unspecified atom stereocenters. The van der Waals surface area contributed by atoms with Crippen molar-refractivity contribution in [1.29, 1.82) is 0 Å². The van der Waals surface area contributed by atoms with Crippen molar-refractivity contribution >= 4 is 31.8 Å². The summed E-state index contributed by atoms with van der Waals surface area (Å²) in [5.41, 5.74) is 0. The molecule has 0 saturated carbocycles. The van der Waals surface area contributed by atoms with Gasteiger partial charge >= 0.3 is 69.2 Å². The van der Waals surface area contributed by atoms with Gasteiger partial charge in [-0.3, -0.25) is 0 Å². The van der Waals surface area contributed by atoms with E-state index in [1.807, 2.05) is 0 Å². The molecule has 0 spiro atoms. The van der Waals surface area contributed by atoms with Gasteiger partial charge in [0.25, 0.3) is 20.0 Å². The molecule has 0 aliphatic carbocycles. The first kappa shape index (κ1) is 47.4. The van der Waals surface area contributed by atoms with Crippen LogP contribution in [-0.4, -0.2) is 109 Å². The lowest BCUT2D eigenvalue weighted by Gasteiger charge is -2.40. The van der Waals surface area contributed by atoms with Crippen LogP contribution in [0.2, 0.25) is 0 Å². The SMILES string of the molecule is CN(C(F)(F)C(F)(F)SC(F)(F)C(F)(F)N(C)S(=O)(=O)C(F)(F)C(F)(F)C(F)(F)C(F)(F)F)S(=O)(=O)C(F)(F)C(F)(F)C(F)(F)C(F)(F)F. The predicted molar refractivity (Wildman–Crippen MR) is 103 cm³/mol. The number of thioether (sulfide) groups is 1. The van der Waals surface area contributed by atoms with Gasteiger partial charge in [-0.15, -0.1) is 8.61 Å². The second-order valence-electron chi connectivity index (χ2n) is 8.49. The highest BCUT2D eigenvalue weighted by Gasteiger charge is 2.89. The van der Waals surface area contributed by atoms with Gasteiger partial charge in [0.05, 0.1) is 0 Å². The summed E-state index contributed by atoms with van der Waals surface area (Å²) in [5.74, 6) is -33.5. The molecule has 0 heterocycles. The van der Waals surface area contributed by atoms with Gasteiger partial charge in [0, 0.05) is 25.9 Å². The van der Waals surface area contributed by atoms with Crippen molar-refractivity contribution in [2.45, 2.75) is 69.2 Å². The van der Waals surface area contributed by atoms with Crippen molar-refractivity contribution in [2.75, 3.05) is 14.1 Å². The first-order valence-electron chi connectivity index (χ1n) is 10.1. The topological polar surface area (TPSA) is 74.8 Å². The van der Waals surface area contributed by atoms with Gasteiger partial charge < -0.3 is 0 Å². The zero-order valence-electron chi connectivity index (χ0n) is 21.6. The largest absolute Gasteiger partial charge is 0.460 e. The van der Waals surface area contributed by atoms with Crippen LogP contribution < -0.4 is 0 Å². The third-order valence-electron chi connectivity index (χ3n) is 5.35. The summed E-state index contributed by atoms with van der Waals surface area (Å²) in [5, 5.41) is -32.3. The fourth-order valence-electron chi connectivity index (χ4n) is 2.34. The molecule has 0 saturated heterocycles. The van der Waals surface area contributed by atoms with E-state index in [0.29, 0.717) is 0 Å². The Morgan fingerprint density at radius 3 is 0.714 bits per heavy atom. The molecule has 0 aromatic carbocycles. The minimum absolute atomic E-state index is 1.63. The maximum atomic E-state index is 14.2. The first-order valence-corrected chi connectivity index (χ1v) is 13.8. The Morgan fingerprint density at radius 1 is 0.367 bits per heavy atom. The number of alkyl halides is 26. The molecule has 0 aliphatic rings. The van der Waals surface area contributed by atoms with Gasteiger partial charge in [-0.1, -0.05) is 0 Å². The van der Waals surface area contributed by atoms with Gasteiger partial charge in [0.1, 0.15) is 0 Å². The van der Waals surface area contributed by atoms with E-state index in [0.717, 1.165) is 0 Å². The number of halogens is 26. The van der Waals surface area contributed by atoms with Gasteiger partial charge in [0.15, 0.2) is 0 Å². The summed E-state index contributed by atoms with van der Waals surface area (Å²) in [4.78, 5) is 0. The Hall–Kier alpha value is -1.65. The van der Waals surface area contributed by atoms with E-state index in [1.165, 1.54) is 0 Å². The number of hydrogen-bond donors (Lipinski definition) is 0. The Morgan fingerprint density at radius 2 is 0.551 bits per heavy atom. The molecule has 0 aliphatic heterocycles. The maximum absolute atomic E-state index is 14.2. The predicted octanol–water partition coefficient (Wildman–Crippen LogP) is 7.47. The van der Waals surface area contributed by atoms with E-state index < -0.39 is 124 Å². The summed E-state index contributed by atoms with van der Waals surface area (Å²) in [6.07, 6.45) is -15.8. The van der Waals surface area contributed by atoms with Gasteiger partial charge in [-0.2, -0.15) is 114 Å². The minimum atomic E-state index is -8.93. The minimum Gasteiger partial charge on any atom is -0.205 e. The van der Waals surface area contributed by atoms with Crippen molar-refractivity contribution in [3.05, 3.63) is 0 Å². The number of rotatable bonds is 14. The van der Waals surface area contributed by atoms with Crippen molar-refractivity contribution in [1.82, 2.24) is 8.61 Å². The smallest absolute Gasteiger partial charge is 0.205 e. The van der Waals surface area contributed by atoms with Gasteiger partial charge in [-0.05, 0) is 0 Å². The molecule has 0 N–H and O–H groups in total. The molecule has 0 atom stereocenters. The van der Waals surface area contributed by atoms with Crippen LogP contribution in [0.15, 0.2) is 0 Å². The molecule has 0 radical (unpaired) electrons. The molecule has 296 valence electrons. The molecular weight excluding hydrogens is 850 g/mol. The summed E-state index contributed by atoms with van der Waals surface area (Å²) in [6.45, 7) is 0. The quantitative estimate of drug-likeness (QED) is 0.134. The third-order valence-corrected chi connectivity index (χ3v) is 10.1. The van der Waals surface area contributed by atoms with Crippen LogP contribution in [0, 0.1) is 0 Å². The number of sulfonamides is 2. The van der Waals surface area contributed by atoms with Gasteiger partial charge in [-0.25, -0.2) is 16.8 Å². The molecule has 35 heteroatoms. The van der Waals surface area contributed by atoms with Crippen molar-refractivity contribution in [3.63, 3.8) is 0 Å². The van der Waals surface area contributed by atoms with E-state index in [1.54, 1.807) is 0 Å². The van der Waals surface area contributed by atoms with Crippen LogP contribution in [0.5, 0.6) is 0 Å². The summed E-state index contributed by atoms with van der Waals surface area (Å²) < 4.78 is 385. The maximum Gasteiger partial charge on any atom is 0.460 e. The molecule has 0 bridgehead atoms. The van der Waals surface area contributed by atoms with E-state index in [9.17, 15) is 131 Å². The summed E-state index contributed by atoms with van der Waals surface area (Å²) >= 11 is -4.04. The second-order valence-corrected chi connectivity index (χ2v) is 13.7. The standard InChI is InChI=1S/C14H6F26N2O4S3/c1-41(48(43,44)13(37,38)5(19,20)3(15,16)7(23,24)25)9(29,30)11(33,34)47-12(35,36)10(31,32)42(2)49(45,46)14(39,40)6(21,22)4(17,18)8(26,27)28/h1-2H3. The molecule has 0 aromatic heterocycles. The van der Waals surface area contributed by atoms with Crippen molar-refractivity contribution in [3.8, 4) is 0 Å². The average Bonchev–Trinajstić information content (AvgIpc) is 2.84. The van der Waals surface area contributed by atoms with Crippen LogP contribution in [0.25, 0.3) is 0 Å². The molecule has 0 aromatic rings. The van der Waals surface area contributed by atoms with E-state index >= 15 is 0 Å². The van der Waals surface area contributed by atoms with Crippen molar-refractivity contribution in [2.24, 2.45) is 0 Å². The molecule has 0 rings (SSSR count). The number of nitrogens with zero attached hydrogens (tertiary/aromatic N) is 2. The van der Waals surface area contributed by atoms with E-state index in [2.05, 4.69) is 0 Å². The molecule has 0 amide bonds. The zero-order valence-corrected chi connectivity index (χ0v) is 24.0. The van der Waals surface area contributed by atoms with Crippen LogP contribution in [0.3, 0.4) is 0 Å². The fourth-order valence-corrected chi connectivity index (χ4v) is 5.72. The lowest BCUT2D eigenvalue weighted by molar-refractivity contribution is -0.383. The zero-order chi connectivity index (χ0) is 40.9. The highest BCUT2D eigenvalue weighted by molar-refractivity contribution is 8.01. The Bertz CT molecular complexity index is 1340. The monoisotopic (exact) mass is 856 g/mol. The first-order chi connectivity index (χ1) is 20.5. The molecular formula is C14H6F26N2O4S3. The summed E-state index contributed by atoms with van der Waals surface area (Å²) in [7, 11) is -21.1. The Kier molecular flexibility index (Phi) is 11.5. The lowest BCUT2D eigenvalue weighted by atomic mass is 10.1. The Balaban J connectivity index is 7.06. The highest BCUT2D eigenvalue weighted by atomic mass is 32.2. The molecule has 0 fully saturated rings.